The topological polar surface area (TPSA) is 99.2 Å². The van der Waals surface area contributed by atoms with Gasteiger partial charge in [-0.05, 0) is 64.5 Å². The van der Waals surface area contributed by atoms with Crippen LogP contribution in [0.1, 0.15) is 29.7 Å². The lowest BCUT2D eigenvalue weighted by atomic mass is 9.98. The zero-order valence-electron chi connectivity index (χ0n) is 24.5. The zero-order valence-corrected chi connectivity index (χ0v) is 25.4. The molecule has 0 bridgehead atoms. The molecule has 3 aromatic heterocycles. The van der Waals surface area contributed by atoms with Crippen LogP contribution in [0.3, 0.4) is 0 Å². The molecule has 3 heterocycles. The van der Waals surface area contributed by atoms with E-state index in [1.54, 1.807) is 26.5 Å². The standard InChI is InChI=1S/C32H36N5O4S/c1-6-24-17-31(42(5,38)39)33-19-29(24)35-25-18-30-32(34-21-36(30)2)37(20-25)26(15-22-7-11-27(40-3)12-8-22)16-23-9-13-28(41-4)14-10-23/h7-14,17-21,26,35H,6,15-16H2,1-5H3/q+1. The molecule has 0 radical (unpaired) electrons. The number of rotatable bonds is 11. The molecule has 0 aliphatic carbocycles. The summed E-state index contributed by atoms with van der Waals surface area (Å²) < 4.78 is 39.2. The van der Waals surface area contributed by atoms with Crippen LogP contribution in [0.5, 0.6) is 11.5 Å². The van der Waals surface area contributed by atoms with Crippen molar-refractivity contribution in [2.75, 3.05) is 25.8 Å². The Morgan fingerprint density at radius 2 is 1.52 bits per heavy atom. The Balaban J connectivity index is 1.58. The fourth-order valence-corrected chi connectivity index (χ4v) is 5.71. The van der Waals surface area contributed by atoms with Gasteiger partial charge in [-0.2, -0.15) is 0 Å². The molecule has 0 spiro atoms. The lowest BCUT2D eigenvalue weighted by Crippen LogP contribution is -2.43. The van der Waals surface area contributed by atoms with Crippen molar-refractivity contribution < 1.29 is 22.5 Å². The quantitative estimate of drug-likeness (QED) is 0.217. The average Bonchev–Trinajstić information content (AvgIpc) is 3.37. The summed E-state index contributed by atoms with van der Waals surface area (Å²) in [6.45, 7) is 2.00. The molecular weight excluding hydrogens is 550 g/mol. The number of hydrogen-bond acceptors (Lipinski definition) is 7. The van der Waals surface area contributed by atoms with Gasteiger partial charge in [0.05, 0.1) is 31.8 Å². The molecule has 10 heteroatoms. The van der Waals surface area contributed by atoms with Gasteiger partial charge < -0.3 is 19.4 Å². The van der Waals surface area contributed by atoms with Gasteiger partial charge in [0.15, 0.2) is 14.9 Å². The Kier molecular flexibility index (Phi) is 8.44. The number of imidazole rings is 1. The van der Waals surface area contributed by atoms with Crippen LogP contribution < -0.4 is 19.4 Å². The van der Waals surface area contributed by atoms with E-state index in [1.807, 2.05) is 49.1 Å². The van der Waals surface area contributed by atoms with Gasteiger partial charge in [0.2, 0.25) is 6.33 Å². The first-order valence-electron chi connectivity index (χ1n) is 13.8. The molecule has 218 valence electrons. The first-order valence-corrected chi connectivity index (χ1v) is 15.7. The second-order valence-corrected chi connectivity index (χ2v) is 12.4. The fourth-order valence-electron chi connectivity index (χ4n) is 5.11. The highest BCUT2D eigenvalue weighted by atomic mass is 32.2. The molecule has 9 nitrogen and oxygen atoms in total. The summed E-state index contributed by atoms with van der Waals surface area (Å²) in [6.07, 6.45) is 8.85. The SMILES string of the molecule is CCc1cc(S(C)(=O)=O)ncc1Nc1cc2c(ncn2C)[n+](C(Cc2ccc(OC)cc2)Cc2ccc(OC)cc2)c1. The van der Waals surface area contributed by atoms with Crippen LogP contribution >= 0.6 is 0 Å². The molecule has 0 saturated carbocycles. The maximum Gasteiger partial charge on any atom is 0.349 e. The Morgan fingerprint density at radius 1 is 0.929 bits per heavy atom. The van der Waals surface area contributed by atoms with E-state index < -0.39 is 9.84 Å². The number of benzene rings is 2. The predicted octanol–water partition coefficient (Wildman–Crippen LogP) is 5.01. The van der Waals surface area contributed by atoms with Crippen molar-refractivity contribution >= 4 is 32.4 Å². The molecule has 0 aliphatic rings. The number of pyridine rings is 2. The van der Waals surface area contributed by atoms with Crippen LogP contribution in [-0.4, -0.2) is 43.4 Å². The van der Waals surface area contributed by atoms with Crippen molar-refractivity contribution in [3.63, 3.8) is 0 Å². The number of aryl methyl sites for hydroxylation is 2. The van der Waals surface area contributed by atoms with E-state index in [-0.39, 0.29) is 11.1 Å². The third-order valence-electron chi connectivity index (χ3n) is 7.44. The number of hydrogen-bond donors (Lipinski definition) is 1. The largest absolute Gasteiger partial charge is 0.497 e. The molecule has 42 heavy (non-hydrogen) atoms. The van der Waals surface area contributed by atoms with Crippen molar-refractivity contribution in [2.24, 2.45) is 7.05 Å². The molecule has 0 amide bonds. The fraction of sp³-hybridized carbons (Fsp3) is 0.281. The minimum Gasteiger partial charge on any atom is -0.497 e. The number of fused-ring (bicyclic) bond motifs is 1. The van der Waals surface area contributed by atoms with E-state index in [1.165, 1.54) is 17.4 Å². The van der Waals surface area contributed by atoms with Crippen molar-refractivity contribution in [1.82, 2.24) is 14.5 Å². The van der Waals surface area contributed by atoms with E-state index in [0.29, 0.717) is 6.42 Å². The van der Waals surface area contributed by atoms with Gasteiger partial charge in [-0.15, -0.1) is 0 Å². The van der Waals surface area contributed by atoms with Gasteiger partial charge in [-0.1, -0.05) is 31.2 Å². The van der Waals surface area contributed by atoms with Gasteiger partial charge >= 0.3 is 5.65 Å². The monoisotopic (exact) mass is 586 g/mol. The number of sulfone groups is 1. The van der Waals surface area contributed by atoms with E-state index >= 15 is 0 Å². The van der Waals surface area contributed by atoms with E-state index in [2.05, 4.69) is 51.4 Å². The van der Waals surface area contributed by atoms with Gasteiger partial charge in [0.1, 0.15) is 29.3 Å². The maximum atomic E-state index is 12.1. The molecule has 1 N–H and O–H groups in total. The molecule has 0 atom stereocenters. The van der Waals surface area contributed by atoms with Crippen LogP contribution in [0, 0.1) is 0 Å². The van der Waals surface area contributed by atoms with Gasteiger partial charge in [0.25, 0.3) is 0 Å². The molecule has 5 aromatic rings. The molecule has 5 rings (SSSR count). The Hall–Kier alpha value is -4.44. The minimum absolute atomic E-state index is 0.0299. The smallest absolute Gasteiger partial charge is 0.349 e. The summed E-state index contributed by atoms with van der Waals surface area (Å²) in [5, 5.41) is 3.58. The first kappa shape index (κ1) is 29.1. The minimum atomic E-state index is -3.41. The number of anilines is 2. The highest BCUT2D eigenvalue weighted by molar-refractivity contribution is 7.90. The van der Waals surface area contributed by atoms with Crippen molar-refractivity contribution in [1.29, 1.82) is 0 Å². The molecule has 0 aliphatic heterocycles. The van der Waals surface area contributed by atoms with Crippen LogP contribution in [0.25, 0.3) is 11.2 Å². The Labute approximate surface area is 246 Å². The van der Waals surface area contributed by atoms with Crippen molar-refractivity contribution in [2.45, 2.75) is 37.3 Å². The van der Waals surface area contributed by atoms with E-state index in [9.17, 15) is 8.42 Å². The van der Waals surface area contributed by atoms with Crippen LogP contribution in [-0.2, 0) is 36.1 Å². The summed E-state index contributed by atoms with van der Waals surface area (Å²) in [5.41, 5.74) is 6.68. The van der Waals surface area contributed by atoms with Crippen LogP contribution in [0.15, 0.2) is 84.4 Å². The van der Waals surface area contributed by atoms with Gasteiger partial charge in [-0.3, -0.25) is 0 Å². The molecular formula is C32H36N5O4S+. The lowest BCUT2D eigenvalue weighted by Gasteiger charge is -2.19. The van der Waals surface area contributed by atoms with E-state index in [0.717, 1.165) is 52.4 Å². The lowest BCUT2D eigenvalue weighted by molar-refractivity contribution is -0.699. The summed E-state index contributed by atoms with van der Waals surface area (Å²) in [6, 6.07) is 20.1. The van der Waals surface area contributed by atoms with Gasteiger partial charge in [-0.25, -0.2) is 18.0 Å². The third-order valence-corrected chi connectivity index (χ3v) is 8.42. The zero-order chi connectivity index (χ0) is 29.9. The molecule has 2 aromatic carbocycles. The third kappa shape index (κ3) is 6.38. The number of methoxy groups -OCH3 is 2. The first-order chi connectivity index (χ1) is 20.2. The molecule has 0 saturated heterocycles. The molecule has 0 unspecified atom stereocenters. The number of nitrogens with one attached hydrogen (secondary N) is 1. The summed E-state index contributed by atoms with van der Waals surface area (Å²) in [5.74, 6) is 1.64. The maximum absolute atomic E-state index is 12.1. The Morgan fingerprint density at radius 3 is 2.05 bits per heavy atom. The second kappa shape index (κ2) is 12.2. The highest BCUT2D eigenvalue weighted by Gasteiger charge is 2.25. The second-order valence-electron chi connectivity index (χ2n) is 10.4. The van der Waals surface area contributed by atoms with Crippen molar-refractivity contribution in [3.05, 3.63) is 96.1 Å². The van der Waals surface area contributed by atoms with E-state index in [4.69, 9.17) is 14.5 Å². The van der Waals surface area contributed by atoms with Crippen molar-refractivity contribution in [3.8, 4) is 11.5 Å². The number of aromatic nitrogens is 4. The summed E-state index contributed by atoms with van der Waals surface area (Å²) >= 11 is 0. The average molecular weight is 587 g/mol. The summed E-state index contributed by atoms with van der Waals surface area (Å²) in [4.78, 5) is 9.00. The van der Waals surface area contributed by atoms with Crippen LogP contribution in [0.4, 0.5) is 11.4 Å². The summed E-state index contributed by atoms with van der Waals surface area (Å²) in [7, 11) is 1.91. The Bertz CT molecular complexity index is 1750. The predicted molar refractivity (Wildman–Crippen MR) is 163 cm³/mol. The highest BCUT2D eigenvalue weighted by Crippen LogP contribution is 2.26. The number of ether oxygens (including phenoxy) is 2. The normalized spacial score (nSPS) is 11.7. The van der Waals surface area contributed by atoms with Gasteiger partial charge in [0, 0.05) is 26.1 Å². The molecule has 0 fully saturated rings. The van der Waals surface area contributed by atoms with Crippen LogP contribution in [0.2, 0.25) is 0 Å². The number of nitrogens with zero attached hydrogens (tertiary/aromatic N) is 4.